The van der Waals surface area contributed by atoms with Gasteiger partial charge in [-0.05, 0) is 18.2 Å². The first-order valence-corrected chi connectivity index (χ1v) is 10.4. The molecule has 168 valence electrons. The minimum absolute atomic E-state index is 0.0281. The van der Waals surface area contributed by atoms with E-state index in [1.165, 1.54) is 33.9 Å². The molecule has 1 fully saturated rings. The number of nitrogens with zero attached hydrogens (tertiary/aromatic N) is 8. The number of rotatable bonds is 6. The summed E-state index contributed by atoms with van der Waals surface area (Å²) < 4.78 is 23.0. The van der Waals surface area contributed by atoms with Gasteiger partial charge in [0.2, 0.25) is 5.88 Å². The van der Waals surface area contributed by atoms with E-state index in [9.17, 15) is 9.18 Å². The maximum Gasteiger partial charge on any atom is 0.269 e. The van der Waals surface area contributed by atoms with E-state index < -0.39 is 5.82 Å². The highest BCUT2D eigenvalue weighted by molar-refractivity contribution is 6.30. The molecule has 5 rings (SSSR count). The number of halogens is 2. The maximum absolute atomic E-state index is 14.4. The average molecular weight is 469 g/mol. The SMILES string of the molecule is Cn1nnc(-c2ccc(Cl)cc2F)c1Cn1ncc(N2CC(Oc3ccncn3)C2)cc1=O. The van der Waals surface area contributed by atoms with Crippen molar-refractivity contribution in [2.45, 2.75) is 12.6 Å². The number of benzene rings is 1. The van der Waals surface area contributed by atoms with Crippen molar-refractivity contribution in [2.24, 2.45) is 7.05 Å². The monoisotopic (exact) mass is 468 g/mol. The average Bonchev–Trinajstić information content (AvgIpc) is 3.12. The van der Waals surface area contributed by atoms with Gasteiger partial charge in [0.1, 0.15) is 23.9 Å². The Bertz CT molecular complexity index is 1350. The molecule has 0 unspecified atom stereocenters. The first-order chi connectivity index (χ1) is 16.0. The van der Waals surface area contributed by atoms with Gasteiger partial charge in [-0.1, -0.05) is 16.8 Å². The lowest BCUT2D eigenvalue weighted by Crippen LogP contribution is -2.54. The zero-order valence-electron chi connectivity index (χ0n) is 17.5. The van der Waals surface area contributed by atoms with Crippen molar-refractivity contribution in [3.8, 4) is 17.1 Å². The van der Waals surface area contributed by atoms with Crippen LogP contribution in [-0.2, 0) is 13.6 Å². The van der Waals surface area contributed by atoms with Gasteiger partial charge in [-0.25, -0.2) is 23.7 Å². The van der Waals surface area contributed by atoms with E-state index in [4.69, 9.17) is 16.3 Å². The Morgan fingerprint density at radius 2 is 2.09 bits per heavy atom. The van der Waals surface area contributed by atoms with Gasteiger partial charge in [0, 0.05) is 36.0 Å². The molecule has 0 atom stereocenters. The van der Waals surface area contributed by atoms with E-state index in [-0.39, 0.29) is 28.8 Å². The quantitative estimate of drug-likeness (QED) is 0.423. The van der Waals surface area contributed by atoms with Gasteiger partial charge in [-0.15, -0.1) is 5.10 Å². The molecule has 0 bridgehead atoms. The van der Waals surface area contributed by atoms with Crippen LogP contribution in [0.2, 0.25) is 5.02 Å². The van der Waals surface area contributed by atoms with Crippen LogP contribution in [0.4, 0.5) is 10.1 Å². The molecule has 1 aliphatic rings. The van der Waals surface area contributed by atoms with E-state index >= 15 is 0 Å². The lowest BCUT2D eigenvalue weighted by Gasteiger charge is -2.39. The Hall–Kier alpha value is -3.86. The topological polar surface area (TPSA) is 104 Å². The van der Waals surface area contributed by atoms with Crippen LogP contribution in [0, 0.1) is 5.82 Å². The van der Waals surface area contributed by atoms with Crippen molar-refractivity contribution in [3.05, 3.63) is 75.9 Å². The van der Waals surface area contributed by atoms with Crippen molar-refractivity contribution < 1.29 is 9.13 Å². The van der Waals surface area contributed by atoms with Crippen molar-refractivity contribution in [3.63, 3.8) is 0 Å². The molecule has 0 radical (unpaired) electrons. The molecule has 10 nitrogen and oxygen atoms in total. The van der Waals surface area contributed by atoms with Crippen LogP contribution in [0.1, 0.15) is 5.69 Å². The van der Waals surface area contributed by atoms with E-state index in [1.807, 2.05) is 4.90 Å². The van der Waals surface area contributed by atoms with Gasteiger partial charge in [-0.2, -0.15) is 5.10 Å². The second kappa shape index (κ2) is 8.58. The molecule has 33 heavy (non-hydrogen) atoms. The highest BCUT2D eigenvalue weighted by Gasteiger charge is 2.29. The zero-order chi connectivity index (χ0) is 22.9. The minimum atomic E-state index is -0.517. The summed E-state index contributed by atoms with van der Waals surface area (Å²) in [6, 6.07) is 7.53. The molecule has 4 heterocycles. The Morgan fingerprint density at radius 1 is 1.24 bits per heavy atom. The van der Waals surface area contributed by atoms with Gasteiger partial charge in [0.25, 0.3) is 5.56 Å². The Kier molecular flexibility index (Phi) is 5.47. The molecule has 1 aromatic carbocycles. The van der Waals surface area contributed by atoms with Crippen LogP contribution in [-0.4, -0.2) is 53.9 Å². The molecule has 0 aliphatic carbocycles. The molecular weight excluding hydrogens is 451 g/mol. The summed E-state index contributed by atoms with van der Waals surface area (Å²) >= 11 is 5.85. The Labute approximate surface area is 192 Å². The number of aromatic nitrogens is 7. The lowest BCUT2D eigenvalue weighted by atomic mass is 10.1. The lowest BCUT2D eigenvalue weighted by molar-refractivity contribution is 0.160. The van der Waals surface area contributed by atoms with Crippen LogP contribution in [0.5, 0.6) is 5.88 Å². The Balaban J connectivity index is 1.31. The summed E-state index contributed by atoms with van der Waals surface area (Å²) in [5, 5.41) is 12.6. The third-order valence-electron chi connectivity index (χ3n) is 5.34. The largest absolute Gasteiger partial charge is 0.470 e. The molecule has 0 saturated carbocycles. The van der Waals surface area contributed by atoms with Gasteiger partial charge in [-0.3, -0.25) is 4.79 Å². The molecule has 4 aromatic rings. The van der Waals surface area contributed by atoms with Crippen molar-refractivity contribution in [1.82, 2.24) is 34.7 Å². The summed E-state index contributed by atoms with van der Waals surface area (Å²) in [6.07, 6.45) is 4.64. The fourth-order valence-corrected chi connectivity index (χ4v) is 3.70. The normalized spacial score (nSPS) is 13.7. The third-order valence-corrected chi connectivity index (χ3v) is 5.57. The number of hydrogen-bond donors (Lipinski definition) is 0. The van der Waals surface area contributed by atoms with E-state index in [1.54, 1.807) is 31.6 Å². The van der Waals surface area contributed by atoms with Gasteiger partial charge >= 0.3 is 0 Å². The standard InChI is InChI=1S/C21H18ClFN8O2/c1-29-18(21(27-28-29)16-3-2-13(22)6-17(16)23)11-31-20(32)7-14(8-26-31)30-9-15(10-30)33-19-4-5-24-12-25-19/h2-8,12,15H,9-11H2,1H3. The first kappa shape index (κ1) is 21.0. The van der Waals surface area contributed by atoms with Crippen LogP contribution in [0.15, 0.2) is 53.8 Å². The smallest absolute Gasteiger partial charge is 0.269 e. The molecule has 1 saturated heterocycles. The van der Waals surface area contributed by atoms with Gasteiger partial charge in [0.15, 0.2) is 0 Å². The van der Waals surface area contributed by atoms with Crippen molar-refractivity contribution in [1.29, 1.82) is 0 Å². The summed E-state index contributed by atoms with van der Waals surface area (Å²) in [5.74, 6) is -0.00247. The van der Waals surface area contributed by atoms with Crippen molar-refractivity contribution >= 4 is 17.3 Å². The maximum atomic E-state index is 14.4. The summed E-state index contributed by atoms with van der Waals surface area (Å²) in [6.45, 7) is 1.31. The first-order valence-electron chi connectivity index (χ1n) is 10.1. The molecular formula is C21H18ClFN8O2. The van der Waals surface area contributed by atoms with Gasteiger partial charge < -0.3 is 9.64 Å². The number of aryl methyl sites for hydroxylation is 1. The summed E-state index contributed by atoms with van der Waals surface area (Å²) in [5.41, 5.74) is 1.53. The minimum Gasteiger partial charge on any atom is -0.470 e. The van der Waals surface area contributed by atoms with Crippen molar-refractivity contribution in [2.75, 3.05) is 18.0 Å². The second-order valence-electron chi connectivity index (χ2n) is 7.53. The molecule has 12 heteroatoms. The van der Waals surface area contributed by atoms with Crippen LogP contribution < -0.4 is 15.2 Å². The highest BCUT2D eigenvalue weighted by Crippen LogP contribution is 2.27. The molecule has 1 aliphatic heterocycles. The van der Waals surface area contributed by atoms with Crippen LogP contribution >= 0.6 is 11.6 Å². The molecule has 0 spiro atoms. The predicted octanol–water partition coefficient (Wildman–Crippen LogP) is 1.94. The van der Waals surface area contributed by atoms with E-state index in [0.29, 0.717) is 36.0 Å². The van der Waals surface area contributed by atoms with Crippen LogP contribution in [0.3, 0.4) is 0 Å². The fraction of sp³-hybridized carbons (Fsp3) is 0.238. The highest BCUT2D eigenvalue weighted by atomic mass is 35.5. The third kappa shape index (κ3) is 4.27. The fourth-order valence-electron chi connectivity index (χ4n) is 3.54. The molecule has 0 amide bonds. The Morgan fingerprint density at radius 3 is 2.82 bits per heavy atom. The second-order valence-corrected chi connectivity index (χ2v) is 7.97. The van der Waals surface area contributed by atoms with Crippen LogP contribution in [0.25, 0.3) is 11.3 Å². The number of hydrogen-bond acceptors (Lipinski definition) is 8. The zero-order valence-corrected chi connectivity index (χ0v) is 18.2. The molecule has 3 aromatic heterocycles. The summed E-state index contributed by atoms with van der Waals surface area (Å²) in [7, 11) is 1.68. The molecule has 0 N–H and O–H groups in total. The van der Waals surface area contributed by atoms with E-state index in [2.05, 4.69) is 25.4 Å². The number of anilines is 1. The predicted molar refractivity (Wildman–Crippen MR) is 118 cm³/mol. The number of ether oxygens (including phenoxy) is 1. The van der Waals surface area contributed by atoms with E-state index in [0.717, 1.165) is 0 Å². The summed E-state index contributed by atoms with van der Waals surface area (Å²) in [4.78, 5) is 22.6. The van der Waals surface area contributed by atoms with Gasteiger partial charge in [0.05, 0.1) is 37.2 Å².